The molecular formula is C10H19N. The third-order valence-corrected chi connectivity index (χ3v) is 2.35. The van der Waals surface area contributed by atoms with Crippen LogP contribution in [0.15, 0.2) is 11.6 Å². The Labute approximate surface area is 69.7 Å². The van der Waals surface area contributed by atoms with Gasteiger partial charge in [-0.25, -0.2) is 0 Å². The van der Waals surface area contributed by atoms with Crippen molar-refractivity contribution >= 4 is 0 Å². The van der Waals surface area contributed by atoms with E-state index in [1.165, 1.54) is 32.1 Å². The summed E-state index contributed by atoms with van der Waals surface area (Å²) < 4.78 is 0. The predicted molar refractivity (Wildman–Crippen MR) is 49.4 cm³/mol. The number of nitrogens with two attached hydrogens (primary N) is 1. The van der Waals surface area contributed by atoms with Crippen molar-refractivity contribution < 1.29 is 0 Å². The van der Waals surface area contributed by atoms with Crippen LogP contribution >= 0.6 is 0 Å². The summed E-state index contributed by atoms with van der Waals surface area (Å²) in [6.07, 6.45) is 9.91. The van der Waals surface area contributed by atoms with Gasteiger partial charge in [0, 0.05) is 6.04 Å². The van der Waals surface area contributed by atoms with Gasteiger partial charge in [-0.2, -0.15) is 0 Å². The fourth-order valence-corrected chi connectivity index (χ4v) is 1.61. The van der Waals surface area contributed by atoms with Crippen LogP contribution < -0.4 is 5.73 Å². The van der Waals surface area contributed by atoms with E-state index in [9.17, 15) is 0 Å². The van der Waals surface area contributed by atoms with Crippen LogP contribution in [-0.2, 0) is 0 Å². The highest BCUT2D eigenvalue weighted by atomic mass is 14.6. The number of unbranched alkanes of at least 4 members (excludes halogenated alkanes) is 2. The minimum atomic E-state index is 0.461. The minimum Gasteiger partial charge on any atom is -0.327 e. The number of hydrogen-bond donors (Lipinski definition) is 1. The van der Waals surface area contributed by atoms with E-state index in [-0.39, 0.29) is 0 Å². The van der Waals surface area contributed by atoms with Crippen LogP contribution in [0.2, 0.25) is 0 Å². The Hall–Kier alpha value is -0.300. The first-order chi connectivity index (χ1) is 5.33. The monoisotopic (exact) mass is 153 g/mol. The van der Waals surface area contributed by atoms with E-state index < -0.39 is 0 Å². The Bertz CT molecular complexity index is 138. The van der Waals surface area contributed by atoms with Gasteiger partial charge in [0.15, 0.2) is 0 Å². The molecule has 0 saturated heterocycles. The average molecular weight is 153 g/mol. The summed E-state index contributed by atoms with van der Waals surface area (Å²) >= 11 is 0. The highest BCUT2D eigenvalue weighted by Gasteiger charge is 2.13. The van der Waals surface area contributed by atoms with Crippen LogP contribution in [0.1, 0.15) is 45.4 Å². The van der Waals surface area contributed by atoms with E-state index >= 15 is 0 Å². The quantitative estimate of drug-likeness (QED) is 0.489. The zero-order valence-electron chi connectivity index (χ0n) is 7.47. The topological polar surface area (TPSA) is 26.0 Å². The summed E-state index contributed by atoms with van der Waals surface area (Å²) in [5.41, 5.74) is 7.39. The van der Waals surface area contributed by atoms with Gasteiger partial charge in [-0.15, -0.1) is 0 Å². The van der Waals surface area contributed by atoms with Crippen LogP contribution in [0.4, 0.5) is 0 Å². The highest BCUT2D eigenvalue weighted by Crippen LogP contribution is 2.23. The summed E-state index contributed by atoms with van der Waals surface area (Å²) in [4.78, 5) is 0. The first kappa shape index (κ1) is 8.79. The van der Waals surface area contributed by atoms with E-state index in [1.807, 2.05) is 0 Å². The van der Waals surface area contributed by atoms with E-state index in [4.69, 9.17) is 5.73 Å². The fraction of sp³-hybridized carbons (Fsp3) is 0.800. The van der Waals surface area contributed by atoms with Crippen molar-refractivity contribution in [3.8, 4) is 0 Å². The minimum absolute atomic E-state index is 0.461. The molecule has 0 aromatic carbocycles. The lowest BCUT2D eigenvalue weighted by molar-refractivity contribution is 0.711. The molecule has 0 aromatic heterocycles. The van der Waals surface area contributed by atoms with Gasteiger partial charge in [0.2, 0.25) is 0 Å². The van der Waals surface area contributed by atoms with Crippen molar-refractivity contribution in [2.45, 2.75) is 51.5 Å². The van der Waals surface area contributed by atoms with Crippen molar-refractivity contribution in [2.24, 2.45) is 5.73 Å². The number of allylic oxidation sites excluding steroid dienone is 1. The van der Waals surface area contributed by atoms with Gasteiger partial charge in [0.25, 0.3) is 0 Å². The first-order valence-corrected chi connectivity index (χ1v) is 4.76. The average Bonchev–Trinajstić information content (AvgIpc) is 2.37. The second-order valence-corrected chi connectivity index (χ2v) is 3.51. The van der Waals surface area contributed by atoms with Gasteiger partial charge in [-0.1, -0.05) is 31.4 Å². The molecule has 11 heavy (non-hydrogen) atoms. The predicted octanol–water partition coefficient (Wildman–Crippen LogP) is 2.61. The van der Waals surface area contributed by atoms with Gasteiger partial charge >= 0.3 is 0 Å². The van der Waals surface area contributed by atoms with Gasteiger partial charge < -0.3 is 5.73 Å². The van der Waals surface area contributed by atoms with Crippen LogP contribution in [0.25, 0.3) is 0 Å². The molecule has 1 nitrogen and oxygen atoms in total. The second-order valence-electron chi connectivity index (χ2n) is 3.51. The van der Waals surface area contributed by atoms with Crippen molar-refractivity contribution in [3.05, 3.63) is 11.6 Å². The Balaban J connectivity index is 2.19. The largest absolute Gasteiger partial charge is 0.327 e. The zero-order valence-corrected chi connectivity index (χ0v) is 7.47. The Morgan fingerprint density at radius 2 is 2.45 bits per heavy atom. The van der Waals surface area contributed by atoms with Gasteiger partial charge in [-0.3, -0.25) is 0 Å². The smallest absolute Gasteiger partial charge is 0.00791 e. The lowest BCUT2D eigenvalue weighted by Gasteiger charge is -1.96. The molecule has 0 aliphatic heterocycles. The molecule has 0 radical (unpaired) electrons. The summed E-state index contributed by atoms with van der Waals surface area (Å²) in [5, 5.41) is 0. The zero-order chi connectivity index (χ0) is 8.10. The molecule has 2 N–H and O–H groups in total. The maximum absolute atomic E-state index is 5.79. The molecule has 0 spiro atoms. The van der Waals surface area contributed by atoms with Gasteiger partial charge in [0.1, 0.15) is 0 Å². The summed E-state index contributed by atoms with van der Waals surface area (Å²) in [6.45, 7) is 2.24. The molecule has 1 aliphatic carbocycles. The van der Waals surface area contributed by atoms with Crippen LogP contribution in [0, 0.1) is 0 Å². The lowest BCUT2D eigenvalue weighted by atomic mass is 10.1. The molecule has 0 amide bonds. The first-order valence-electron chi connectivity index (χ1n) is 4.76. The van der Waals surface area contributed by atoms with Crippen molar-refractivity contribution in [1.82, 2.24) is 0 Å². The maximum Gasteiger partial charge on any atom is 0.00791 e. The van der Waals surface area contributed by atoms with Crippen molar-refractivity contribution in [3.63, 3.8) is 0 Å². The van der Waals surface area contributed by atoms with Crippen LogP contribution in [0.3, 0.4) is 0 Å². The third kappa shape index (κ3) is 3.06. The SMILES string of the molecule is CCCC/C=C1/CC[C@H](N)C1. The molecule has 1 saturated carbocycles. The Morgan fingerprint density at radius 3 is 3.00 bits per heavy atom. The molecule has 0 aromatic rings. The molecule has 1 heteroatoms. The lowest BCUT2D eigenvalue weighted by Crippen LogP contribution is -2.13. The molecule has 0 unspecified atom stereocenters. The molecule has 64 valence electrons. The summed E-state index contributed by atoms with van der Waals surface area (Å²) in [5.74, 6) is 0. The Morgan fingerprint density at radius 1 is 1.64 bits per heavy atom. The molecule has 1 aliphatic rings. The standard InChI is InChI=1S/C10H19N/c1-2-3-4-5-9-6-7-10(11)8-9/h5,10H,2-4,6-8,11H2,1H3/b9-5-/t10-/m0/s1. The molecule has 1 fully saturated rings. The van der Waals surface area contributed by atoms with E-state index in [0.29, 0.717) is 6.04 Å². The number of hydrogen-bond acceptors (Lipinski definition) is 1. The summed E-state index contributed by atoms with van der Waals surface area (Å²) in [6, 6.07) is 0.461. The van der Waals surface area contributed by atoms with Crippen LogP contribution in [-0.4, -0.2) is 6.04 Å². The van der Waals surface area contributed by atoms with Crippen molar-refractivity contribution in [2.75, 3.05) is 0 Å². The number of rotatable bonds is 3. The highest BCUT2D eigenvalue weighted by molar-refractivity contribution is 5.09. The van der Waals surface area contributed by atoms with E-state index in [1.54, 1.807) is 5.57 Å². The third-order valence-electron chi connectivity index (χ3n) is 2.35. The summed E-state index contributed by atoms with van der Waals surface area (Å²) in [7, 11) is 0. The van der Waals surface area contributed by atoms with Crippen LogP contribution in [0.5, 0.6) is 0 Å². The normalized spacial score (nSPS) is 28.2. The van der Waals surface area contributed by atoms with Gasteiger partial charge in [-0.05, 0) is 25.7 Å². The molecule has 0 heterocycles. The van der Waals surface area contributed by atoms with Gasteiger partial charge in [0.05, 0.1) is 0 Å². The second kappa shape index (κ2) is 4.55. The molecule has 1 rings (SSSR count). The maximum atomic E-state index is 5.79. The molecule has 0 bridgehead atoms. The molecule has 1 atom stereocenters. The van der Waals surface area contributed by atoms with E-state index in [0.717, 1.165) is 6.42 Å². The Kier molecular flexibility index (Phi) is 3.64. The van der Waals surface area contributed by atoms with E-state index in [2.05, 4.69) is 13.0 Å². The molecular weight excluding hydrogens is 134 g/mol. The van der Waals surface area contributed by atoms with Crippen molar-refractivity contribution in [1.29, 1.82) is 0 Å². The fourth-order valence-electron chi connectivity index (χ4n) is 1.61.